The summed E-state index contributed by atoms with van der Waals surface area (Å²) in [6.45, 7) is 4.66. The van der Waals surface area contributed by atoms with Gasteiger partial charge in [-0.3, -0.25) is 9.59 Å². The van der Waals surface area contributed by atoms with Crippen molar-refractivity contribution in [1.82, 2.24) is 9.21 Å². The Morgan fingerprint density at radius 1 is 1.18 bits per heavy atom. The third-order valence-electron chi connectivity index (χ3n) is 5.49. The molecule has 0 atom stereocenters. The standard InChI is InChI=1S/C23H28ClN3O6S/c1-4-26(15-22(28)25-20-13-17(24)6-5-16(20)2)23(29)19-14-18(7-8-21(19)32-3)34(30,31)27-9-11-33-12-10-27/h5-8,13-14H,4,9-12,15H2,1-3H3,(H,25,28). The largest absolute Gasteiger partial charge is 0.496 e. The first kappa shape index (κ1) is 26.0. The van der Waals surface area contributed by atoms with Crippen LogP contribution in [0, 0.1) is 6.92 Å². The summed E-state index contributed by atoms with van der Waals surface area (Å²) >= 11 is 6.02. The van der Waals surface area contributed by atoms with Gasteiger partial charge in [0.1, 0.15) is 12.3 Å². The van der Waals surface area contributed by atoms with Crippen molar-refractivity contribution in [1.29, 1.82) is 0 Å². The minimum absolute atomic E-state index is 0.0198. The van der Waals surface area contributed by atoms with Gasteiger partial charge in [-0.05, 0) is 49.7 Å². The second kappa shape index (κ2) is 11.2. The Morgan fingerprint density at radius 3 is 2.53 bits per heavy atom. The van der Waals surface area contributed by atoms with E-state index >= 15 is 0 Å². The summed E-state index contributed by atoms with van der Waals surface area (Å²) < 4.78 is 38.0. The van der Waals surface area contributed by atoms with Gasteiger partial charge < -0.3 is 19.7 Å². The van der Waals surface area contributed by atoms with E-state index in [4.69, 9.17) is 21.1 Å². The highest BCUT2D eigenvalue weighted by Gasteiger charge is 2.29. The number of nitrogens with zero attached hydrogens (tertiary/aromatic N) is 2. The lowest BCUT2D eigenvalue weighted by molar-refractivity contribution is -0.116. The number of nitrogens with one attached hydrogen (secondary N) is 1. The molecule has 0 bridgehead atoms. The fraction of sp³-hybridized carbons (Fsp3) is 0.391. The number of anilines is 1. The summed E-state index contributed by atoms with van der Waals surface area (Å²) in [5, 5.41) is 3.25. The Morgan fingerprint density at radius 2 is 1.88 bits per heavy atom. The summed E-state index contributed by atoms with van der Waals surface area (Å²) in [5.41, 5.74) is 1.44. The highest BCUT2D eigenvalue weighted by atomic mass is 35.5. The van der Waals surface area contributed by atoms with Gasteiger partial charge in [-0.15, -0.1) is 0 Å². The van der Waals surface area contributed by atoms with Crippen molar-refractivity contribution in [3.63, 3.8) is 0 Å². The fourth-order valence-corrected chi connectivity index (χ4v) is 5.15. The SMILES string of the molecule is CCN(CC(=O)Nc1cc(Cl)ccc1C)C(=O)c1cc(S(=O)(=O)N2CCOCC2)ccc1OC. The molecule has 0 saturated carbocycles. The Labute approximate surface area is 204 Å². The Balaban J connectivity index is 1.83. The van der Waals surface area contributed by atoms with E-state index in [9.17, 15) is 18.0 Å². The number of rotatable bonds is 8. The van der Waals surface area contributed by atoms with E-state index in [2.05, 4.69) is 5.32 Å². The Hall–Kier alpha value is -2.66. The molecule has 9 nitrogen and oxygen atoms in total. The zero-order valence-corrected chi connectivity index (χ0v) is 20.9. The molecule has 184 valence electrons. The molecule has 1 aliphatic heterocycles. The van der Waals surface area contributed by atoms with Crippen molar-refractivity contribution < 1.29 is 27.5 Å². The second-order valence-electron chi connectivity index (χ2n) is 7.71. The van der Waals surface area contributed by atoms with Gasteiger partial charge >= 0.3 is 0 Å². The molecule has 0 spiro atoms. The van der Waals surface area contributed by atoms with Crippen molar-refractivity contribution >= 4 is 39.1 Å². The Kier molecular flexibility index (Phi) is 8.53. The predicted molar refractivity (Wildman–Crippen MR) is 129 cm³/mol. The van der Waals surface area contributed by atoms with Crippen LogP contribution >= 0.6 is 11.6 Å². The van der Waals surface area contributed by atoms with Gasteiger partial charge in [0.15, 0.2) is 0 Å². The van der Waals surface area contributed by atoms with Crippen molar-refractivity contribution in [3.8, 4) is 5.75 Å². The predicted octanol–water partition coefficient (Wildman–Crippen LogP) is 2.78. The van der Waals surface area contributed by atoms with Crippen LogP contribution in [0.15, 0.2) is 41.3 Å². The monoisotopic (exact) mass is 509 g/mol. The number of benzene rings is 2. The van der Waals surface area contributed by atoms with Gasteiger partial charge in [-0.1, -0.05) is 17.7 Å². The van der Waals surface area contributed by atoms with Gasteiger partial charge in [-0.2, -0.15) is 4.31 Å². The lowest BCUT2D eigenvalue weighted by Crippen LogP contribution is -2.41. The van der Waals surface area contributed by atoms with E-state index in [1.165, 1.54) is 34.5 Å². The molecular weight excluding hydrogens is 482 g/mol. The third-order valence-corrected chi connectivity index (χ3v) is 7.62. The van der Waals surface area contributed by atoms with Crippen LogP contribution in [0.4, 0.5) is 5.69 Å². The van der Waals surface area contributed by atoms with Crippen molar-refractivity contribution in [2.24, 2.45) is 0 Å². The molecule has 34 heavy (non-hydrogen) atoms. The summed E-state index contributed by atoms with van der Waals surface area (Å²) in [5.74, 6) is -0.705. The minimum Gasteiger partial charge on any atom is -0.496 e. The number of sulfonamides is 1. The van der Waals surface area contributed by atoms with Crippen LogP contribution in [0.2, 0.25) is 5.02 Å². The van der Waals surface area contributed by atoms with Gasteiger partial charge in [0.05, 0.1) is 30.8 Å². The van der Waals surface area contributed by atoms with Crippen LogP contribution < -0.4 is 10.1 Å². The molecule has 1 aliphatic rings. The minimum atomic E-state index is -3.81. The molecule has 11 heteroatoms. The number of carbonyl (C=O) groups excluding carboxylic acids is 2. The molecule has 2 aromatic carbocycles. The lowest BCUT2D eigenvalue weighted by Gasteiger charge is -2.26. The summed E-state index contributed by atoms with van der Waals surface area (Å²) in [6.07, 6.45) is 0. The molecule has 0 aliphatic carbocycles. The topological polar surface area (TPSA) is 105 Å². The second-order valence-corrected chi connectivity index (χ2v) is 10.1. The van der Waals surface area contributed by atoms with E-state index in [1.807, 2.05) is 6.92 Å². The highest BCUT2D eigenvalue weighted by molar-refractivity contribution is 7.89. The molecule has 1 saturated heterocycles. The van der Waals surface area contributed by atoms with Gasteiger partial charge in [0.2, 0.25) is 15.9 Å². The van der Waals surface area contributed by atoms with Crippen LogP contribution in [0.25, 0.3) is 0 Å². The molecular formula is C23H28ClN3O6S. The lowest BCUT2D eigenvalue weighted by atomic mass is 10.1. The van der Waals surface area contributed by atoms with Crippen LogP contribution in [0.1, 0.15) is 22.8 Å². The summed E-state index contributed by atoms with van der Waals surface area (Å²) in [6, 6.07) is 9.29. The number of ether oxygens (including phenoxy) is 2. The molecule has 0 unspecified atom stereocenters. The average molecular weight is 510 g/mol. The molecule has 1 heterocycles. The summed E-state index contributed by atoms with van der Waals surface area (Å²) in [4.78, 5) is 27.3. The van der Waals surface area contributed by atoms with Gasteiger partial charge in [0.25, 0.3) is 5.91 Å². The number of halogens is 1. The molecule has 1 N–H and O–H groups in total. The van der Waals surface area contributed by atoms with E-state index in [1.54, 1.807) is 25.1 Å². The molecule has 3 rings (SSSR count). The van der Waals surface area contributed by atoms with Gasteiger partial charge in [-0.25, -0.2) is 8.42 Å². The van der Waals surface area contributed by atoms with E-state index in [-0.39, 0.29) is 42.4 Å². The first-order chi connectivity index (χ1) is 16.2. The third kappa shape index (κ3) is 5.87. The number of hydrogen-bond acceptors (Lipinski definition) is 6. The maximum Gasteiger partial charge on any atom is 0.258 e. The Bertz CT molecular complexity index is 1170. The first-order valence-electron chi connectivity index (χ1n) is 10.8. The van der Waals surface area contributed by atoms with Crippen molar-refractivity contribution in [2.75, 3.05) is 51.8 Å². The van der Waals surface area contributed by atoms with Crippen LogP contribution in [0.5, 0.6) is 5.75 Å². The number of methoxy groups -OCH3 is 1. The van der Waals surface area contributed by atoms with Gasteiger partial charge in [0, 0.05) is 30.3 Å². The number of carbonyl (C=O) groups is 2. The zero-order chi connectivity index (χ0) is 24.9. The molecule has 0 aromatic heterocycles. The summed E-state index contributed by atoms with van der Waals surface area (Å²) in [7, 11) is -2.42. The normalized spacial score (nSPS) is 14.5. The van der Waals surface area contributed by atoms with Crippen molar-refractivity contribution in [3.05, 3.63) is 52.5 Å². The zero-order valence-electron chi connectivity index (χ0n) is 19.3. The maximum absolute atomic E-state index is 13.3. The highest BCUT2D eigenvalue weighted by Crippen LogP contribution is 2.26. The number of morpholine rings is 1. The number of hydrogen-bond donors (Lipinski definition) is 1. The fourth-order valence-electron chi connectivity index (χ4n) is 3.54. The van der Waals surface area contributed by atoms with E-state index in [0.29, 0.717) is 23.9 Å². The smallest absolute Gasteiger partial charge is 0.258 e. The molecule has 2 amide bonds. The average Bonchev–Trinajstić information content (AvgIpc) is 2.84. The van der Waals surface area contributed by atoms with Crippen LogP contribution in [0.3, 0.4) is 0 Å². The van der Waals surface area contributed by atoms with E-state index in [0.717, 1.165) is 5.56 Å². The van der Waals surface area contributed by atoms with Crippen LogP contribution in [-0.4, -0.2) is 75.9 Å². The number of aryl methyl sites for hydroxylation is 1. The number of amides is 2. The van der Waals surface area contributed by atoms with E-state index < -0.39 is 21.8 Å². The maximum atomic E-state index is 13.3. The van der Waals surface area contributed by atoms with Crippen molar-refractivity contribution in [2.45, 2.75) is 18.7 Å². The number of likely N-dealkylation sites (N-methyl/N-ethyl adjacent to an activating group) is 1. The first-order valence-corrected chi connectivity index (χ1v) is 12.6. The van der Waals surface area contributed by atoms with Crippen LogP contribution in [-0.2, 0) is 19.6 Å². The quantitative estimate of drug-likeness (QED) is 0.586. The molecule has 0 radical (unpaired) electrons. The molecule has 1 fully saturated rings. The molecule has 2 aromatic rings.